The van der Waals surface area contributed by atoms with Crippen LogP contribution in [0.4, 0.5) is 0 Å². The van der Waals surface area contributed by atoms with E-state index < -0.39 is 15.3 Å². The normalized spacial score (nSPS) is 13.9. The molecule has 5 heteroatoms. The first kappa shape index (κ1) is 14.5. The molecule has 0 aliphatic heterocycles. The van der Waals surface area contributed by atoms with E-state index in [4.69, 9.17) is 11.6 Å². The van der Waals surface area contributed by atoms with Gasteiger partial charge in [0.05, 0.1) is 5.25 Å². The Labute approximate surface area is 108 Å². The quantitative estimate of drug-likeness (QED) is 0.897. The van der Waals surface area contributed by atoms with E-state index in [1.807, 2.05) is 19.1 Å². The van der Waals surface area contributed by atoms with Gasteiger partial charge in [-0.05, 0) is 38.0 Å². The van der Waals surface area contributed by atoms with Crippen LogP contribution in [0.2, 0.25) is 5.02 Å². The molecule has 1 unspecified atom stereocenters. The third-order valence-corrected chi connectivity index (χ3v) is 4.68. The first-order valence-electron chi connectivity index (χ1n) is 5.63. The van der Waals surface area contributed by atoms with Crippen LogP contribution in [0.3, 0.4) is 0 Å². The predicted molar refractivity (Wildman–Crippen MR) is 71.7 cm³/mol. The molecule has 0 bridgehead atoms. The number of nitrogens with one attached hydrogen (secondary N) is 1. The first-order chi connectivity index (χ1) is 7.86. The summed E-state index contributed by atoms with van der Waals surface area (Å²) in [4.78, 5) is 0. The molecule has 1 N–H and O–H groups in total. The summed E-state index contributed by atoms with van der Waals surface area (Å²) in [7, 11) is -3.26. The molecular formula is C12H18ClNO2S. The van der Waals surface area contributed by atoms with Crippen LogP contribution in [0.1, 0.15) is 38.8 Å². The number of hydrogen-bond donors (Lipinski definition) is 1. The smallest absolute Gasteiger partial charge is 0.212 e. The summed E-state index contributed by atoms with van der Waals surface area (Å²) in [5.74, 6) is 0. The molecule has 0 aliphatic rings. The van der Waals surface area contributed by atoms with E-state index in [1.54, 1.807) is 26.0 Å². The topological polar surface area (TPSA) is 46.2 Å². The van der Waals surface area contributed by atoms with Gasteiger partial charge in [-0.3, -0.25) is 0 Å². The second-order valence-electron chi connectivity index (χ2n) is 4.23. The van der Waals surface area contributed by atoms with Gasteiger partial charge in [0.15, 0.2) is 0 Å². The van der Waals surface area contributed by atoms with Gasteiger partial charge in [-0.25, -0.2) is 13.1 Å². The summed E-state index contributed by atoms with van der Waals surface area (Å²) in [6.45, 7) is 5.26. The Kier molecular flexibility index (Phi) is 4.98. The molecule has 0 aromatic heterocycles. The van der Waals surface area contributed by atoms with Crippen LogP contribution in [0.15, 0.2) is 24.3 Å². The predicted octanol–water partition coefficient (Wildman–Crippen LogP) is 3.12. The number of benzene rings is 1. The third kappa shape index (κ3) is 3.98. The third-order valence-electron chi connectivity index (χ3n) is 2.59. The van der Waals surface area contributed by atoms with Gasteiger partial charge in [-0.15, -0.1) is 0 Å². The van der Waals surface area contributed by atoms with E-state index in [2.05, 4.69) is 4.72 Å². The van der Waals surface area contributed by atoms with E-state index in [0.29, 0.717) is 11.4 Å². The van der Waals surface area contributed by atoms with E-state index >= 15 is 0 Å². The summed E-state index contributed by atoms with van der Waals surface area (Å²) in [5, 5.41) is 0.181. The number of halogens is 1. The fourth-order valence-electron chi connectivity index (χ4n) is 1.44. The first-order valence-corrected chi connectivity index (χ1v) is 7.56. The molecule has 0 saturated heterocycles. The fourth-order valence-corrected chi connectivity index (χ4v) is 2.62. The zero-order valence-corrected chi connectivity index (χ0v) is 11.8. The van der Waals surface area contributed by atoms with E-state index in [1.165, 1.54) is 0 Å². The number of hydrogen-bond acceptors (Lipinski definition) is 2. The van der Waals surface area contributed by atoms with Gasteiger partial charge >= 0.3 is 0 Å². The molecule has 0 radical (unpaired) electrons. The summed E-state index contributed by atoms with van der Waals surface area (Å²) < 4.78 is 26.3. The zero-order chi connectivity index (χ0) is 13.1. The van der Waals surface area contributed by atoms with Crippen molar-refractivity contribution in [3.05, 3.63) is 34.9 Å². The van der Waals surface area contributed by atoms with E-state index in [9.17, 15) is 8.42 Å². The van der Waals surface area contributed by atoms with Crippen LogP contribution < -0.4 is 4.72 Å². The maximum absolute atomic E-state index is 11.8. The monoisotopic (exact) mass is 275 g/mol. The van der Waals surface area contributed by atoms with E-state index in [-0.39, 0.29) is 6.04 Å². The summed E-state index contributed by atoms with van der Waals surface area (Å²) in [6.07, 6.45) is 0.687. The standard InChI is InChI=1S/C12H18ClNO2S/c1-4-12(14-17(15,16)9(2)3)10-6-5-7-11(13)8-10/h5-9,12,14H,4H2,1-3H3. The molecule has 17 heavy (non-hydrogen) atoms. The molecule has 0 amide bonds. The Bertz CT molecular complexity index is 471. The Morgan fingerprint density at radius 2 is 2.00 bits per heavy atom. The lowest BCUT2D eigenvalue weighted by Crippen LogP contribution is -2.33. The van der Waals surface area contributed by atoms with Gasteiger partial charge in [-0.1, -0.05) is 30.7 Å². The van der Waals surface area contributed by atoms with Crippen molar-refractivity contribution in [2.24, 2.45) is 0 Å². The molecule has 0 aliphatic carbocycles. The molecule has 96 valence electrons. The maximum atomic E-state index is 11.8. The van der Waals surface area contributed by atoms with Crippen molar-refractivity contribution in [1.82, 2.24) is 4.72 Å². The van der Waals surface area contributed by atoms with Gasteiger partial charge in [-0.2, -0.15) is 0 Å². The Morgan fingerprint density at radius 1 is 1.35 bits per heavy atom. The highest BCUT2D eigenvalue weighted by atomic mass is 35.5. The van der Waals surface area contributed by atoms with Crippen LogP contribution in [-0.2, 0) is 10.0 Å². The molecular weight excluding hydrogens is 258 g/mol. The second kappa shape index (κ2) is 5.85. The van der Waals surface area contributed by atoms with Crippen LogP contribution in [0.5, 0.6) is 0 Å². The number of rotatable bonds is 5. The molecule has 3 nitrogen and oxygen atoms in total. The van der Waals surface area contributed by atoms with Crippen LogP contribution >= 0.6 is 11.6 Å². The van der Waals surface area contributed by atoms with Crippen molar-refractivity contribution >= 4 is 21.6 Å². The average molecular weight is 276 g/mol. The lowest BCUT2D eigenvalue weighted by atomic mass is 10.1. The SMILES string of the molecule is CCC(NS(=O)(=O)C(C)C)c1cccc(Cl)c1. The van der Waals surface area contributed by atoms with Crippen LogP contribution in [0, 0.1) is 0 Å². The molecule has 0 fully saturated rings. The lowest BCUT2D eigenvalue weighted by Gasteiger charge is -2.19. The van der Waals surface area contributed by atoms with Crippen molar-refractivity contribution in [3.63, 3.8) is 0 Å². The summed E-state index contributed by atoms with van der Waals surface area (Å²) >= 11 is 5.90. The van der Waals surface area contributed by atoms with Crippen molar-refractivity contribution in [1.29, 1.82) is 0 Å². The molecule has 0 saturated carbocycles. The Morgan fingerprint density at radius 3 is 2.47 bits per heavy atom. The van der Waals surface area contributed by atoms with Gasteiger partial charge in [0, 0.05) is 11.1 Å². The molecule has 1 aromatic carbocycles. The van der Waals surface area contributed by atoms with Gasteiger partial charge in [0.2, 0.25) is 10.0 Å². The van der Waals surface area contributed by atoms with Crippen molar-refractivity contribution in [2.75, 3.05) is 0 Å². The highest BCUT2D eigenvalue weighted by Crippen LogP contribution is 2.21. The molecule has 1 atom stereocenters. The summed E-state index contributed by atoms with van der Waals surface area (Å²) in [5.41, 5.74) is 0.893. The molecule has 0 spiro atoms. The lowest BCUT2D eigenvalue weighted by molar-refractivity contribution is 0.542. The molecule has 0 heterocycles. The van der Waals surface area contributed by atoms with Gasteiger partial charge in [0.25, 0.3) is 0 Å². The molecule has 1 rings (SSSR count). The van der Waals surface area contributed by atoms with Gasteiger partial charge < -0.3 is 0 Å². The van der Waals surface area contributed by atoms with Crippen molar-refractivity contribution in [2.45, 2.75) is 38.5 Å². The van der Waals surface area contributed by atoms with Crippen molar-refractivity contribution in [3.8, 4) is 0 Å². The minimum atomic E-state index is -3.26. The van der Waals surface area contributed by atoms with Crippen LogP contribution in [-0.4, -0.2) is 13.7 Å². The fraction of sp³-hybridized carbons (Fsp3) is 0.500. The minimum Gasteiger partial charge on any atom is -0.212 e. The van der Waals surface area contributed by atoms with Crippen LogP contribution in [0.25, 0.3) is 0 Å². The summed E-state index contributed by atoms with van der Waals surface area (Å²) in [6, 6.07) is 7.04. The minimum absolute atomic E-state index is 0.221. The zero-order valence-electron chi connectivity index (χ0n) is 10.3. The Hall–Kier alpha value is -0.580. The highest BCUT2D eigenvalue weighted by Gasteiger charge is 2.21. The van der Waals surface area contributed by atoms with Gasteiger partial charge in [0.1, 0.15) is 0 Å². The largest absolute Gasteiger partial charge is 0.214 e. The van der Waals surface area contributed by atoms with E-state index in [0.717, 1.165) is 5.56 Å². The second-order valence-corrected chi connectivity index (χ2v) is 6.93. The molecule has 1 aromatic rings. The average Bonchev–Trinajstić information content (AvgIpc) is 2.25. The highest BCUT2D eigenvalue weighted by molar-refractivity contribution is 7.90. The van der Waals surface area contributed by atoms with Crippen molar-refractivity contribution < 1.29 is 8.42 Å². The Balaban J connectivity index is 2.94. The maximum Gasteiger partial charge on any atom is 0.214 e. The number of sulfonamides is 1.